The topological polar surface area (TPSA) is 22.0 Å². The lowest BCUT2D eigenvalue weighted by Gasteiger charge is -2.24. The number of quaternary nitrogens is 1. The van der Waals surface area contributed by atoms with Crippen molar-refractivity contribution < 1.29 is 4.48 Å². The smallest absolute Gasteiger partial charge is 0.312 e. The Morgan fingerprint density at radius 2 is 1.88 bits per heavy atom. The van der Waals surface area contributed by atoms with Crippen LogP contribution in [0.3, 0.4) is 0 Å². The summed E-state index contributed by atoms with van der Waals surface area (Å²) >= 11 is 1.32. The highest BCUT2D eigenvalue weighted by molar-refractivity contribution is 8.93. The van der Waals surface area contributed by atoms with Gasteiger partial charge in [-0.3, -0.25) is 9.36 Å². The molecule has 0 spiro atoms. The van der Waals surface area contributed by atoms with E-state index in [1.54, 1.807) is 0 Å². The minimum Gasteiger partial charge on any atom is -0.313 e. The quantitative estimate of drug-likeness (QED) is 0.780. The number of hydrogen-bond acceptors (Lipinski definition) is 2. The van der Waals surface area contributed by atoms with Crippen molar-refractivity contribution >= 4 is 38.5 Å². The molecule has 0 aliphatic carbocycles. The number of benzene rings is 1. The van der Waals surface area contributed by atoms with Crippen LogP contribution in [0.4, 0.5) is 0 Å². The Hall–Kier alpha value is -0.650. The summed E-state index contributed by atoms with van der Waals surface area (Å²) in [5, 5.41) is 0. The van der Waals surface area contributed by atoms with Gasteiger partial charge in [-0.2, -0.15) is 0 Å². The third-order valence-electron chi connectivity index (χ3n) is 2.14. The van der Waals surface area contributed by atoms with Gasteiger partial charge in [0.15, 0.2) is 6.67 Å². The number of rotatable bonds is 2. The summed E-state index contributed by atoms with van der Waals surface area (Å²) < 4.78 is 3.66. The zero-order valence-corrected chi connectivity index (χ0v) is 12.2. The van der Waals surface area contributed by atoms with E-state index in [2.05, 4.69) is 21.1 Å². The van der Waals surface area contributed by atoms with Crippen LogP contribution < -0.4 is 4.87 Å². The number of hydrogen-bond donors (Lipinski definition) is 0. The van der Waals surface area contributed by atoms with Crippen LogP contribution in [-0.4, -0.2) is 30.2 Å². The summed E-state index contributed by atoms with van der Waals surface area (Å²) in [6.45, 7) is 0.711. The fraction of sp³-hybridized carbons (Fsp3) is 0.364. The van der Waals surface area contributed by atoms with Crippen molar-refractivity contribution in [2.75, 3.05) is 21.1 Å². The van der Waals surface area contributed by atoms with E-state index in [0.29, 0.717) is 6.67 Å². The molecule has 1 aromatic carbocycles. The van der Waals surface area contributed by atoms with Crippen LogP contribution in [0.1, 0.15) is 0 Å². The molecule has 2 aromatic rings. The molecule has 88 valence electrons. The molecule has 0 N–H and O–H groups in total. The molecule has 0 unspecified atom stereocenters. The molecule has 1 heterocycles. The highest BCUT2D eigenvalue weighted by atomic mass is 79.9. The molecule has 0 saturated carbocycles. The number of thiazole rings is 1. The number of para-hydroxylation sites is 1. The van der Waals surface area contributed by atoms with Crippen LogP contribution in [0.15, 0.2) is 29.1 Å². The third kappa shape index (κ3) is 2.72. The van der Waals surface area contributed by atoms with E-state index in [4.69, 9.17) is 0 Å². The standard InChI is InChI=1S/C11H15N2OS.BrH/c1-13(2,3)8-12-9-6-4-5-7-10(9)15-11(12)14;/h4-7H,8H2,1-3H3;1H/q+1;. The number of aromatic nitrogens is 1. The summed E-state index contributed by atoms with van der Waals surface area (Å²) in [5.74, 6) is 0. The predicted molar refractivity (Wildman–Crippen MR) is 74.4 cm³/mol. The lowest BCUT2D eigenvalue weighted by Crippen LogP contribution is -2.38. The lowest BCUT2D eigenvalue weighted by atomic mass is 10.3. The molecule has 2 rings (SSSR count). The summed E-state index contributed by atoms with van der Waals surface area (Å²) in [6, 6.07) is 7.94. The van der Waals surface area contributed by atoms with E-state index in [9.17, 15) is 4.79 Å². The molecule has 0 atom stereocenters. The fourth-order valence-electron chi connectivity index (χ4n) is 1.57. The Kier molecular flexibility index (Phi) is 3.93. The van der Waals surface area contributed by atoms with Crippen LogP contribution >= 0.6 is 28.3 Å². The first kappa shape index (κ1) is 13.4. The van der Waals surface area contributed by atoms with Gasteiger partial charge in [0, 0.05) is 0 Å². The van der Waals surface area contributed by atoms with Crippen LogP contribution in [0.2, 0.25) is 0 Å². The summed E-state index contributed by atoms with van der Waals surface area (Å²) in [7, 11) is 6.25. The zero-order chi connectivity index (χ0) is 11.1. The maximum absolute atomic E-state index is 11.8. The predicted octanol–water partition coefficient (Wildman–Crippen LogP) is 2.30. The van der Waals surface area contributed by atoms with Gasteiger partial charge >= 0.3 is 4.87 Å². The molecule has 0 bridgehead atoms. The van der Waals surface area contributed by atoms with Gasteiger partial charge in [0.25, 0.3) is 0 Å². The minimum absolute atomic E-state index is 0. The van der Waals surface area contributed by atoms with Crippen LogP contribution in [0.5, 0.6) is 0 Å². The maximum atomic E-state index is 11.8. The molecule has 1 aromatic heterocycles. The Morgan fingerprint density at radius 1 is 1.25 bits per heavy atom. The zero-order valence-electron chi connectivity index (χ0n) is 9.64. The van der Waals surface area contributed by atoms with Gasteiger partial charge in [0.1, 0.15) is 0 Å². The second-order valence-electron chi connectivity index (χ2n) is 4.70. The molecule has 0 aliphatic rings. The molecule has 0 radical (unpaired) electrons. The summed E-state index contributed by atoms with van der Waals surface area (Å²) in [5.41, 5.74) is 1.04. The van der Waals surface area contributed by atoms with Crippen molar-refractivity contribution in [2.24, 2.45) is 0 Å². The highest BCUT2D eigenvalue weighted by Crippen LogP contribution is 2.17. The molecule has 0 amide bonds. The van der Waals surface area contributed by atoms with Gasteiger partial charge in [-0.05, 0) is 12.1 Å². The second kappa shape index (κ2) is 4.69. The van der Waals surface area contributed by atoms with E-state index < -0.39 is 0 Å². The van der Waals surface area contributed by atoms with Gasteiger partial charge in [-0.1, -0.05) is 23.5 Å². The van der Waals surface area contributed by atoms with Crippen LogP contribution in [0.25, 0.3) is 10.2 Å². The molecular formula is C11H16BrN2OS+. The van der Waals surface area contributed by atoms with E-state index >= 15 is 0 Å². The molecule has 3 nitrogen and oxygen atoms in total. The Morgan fingerprint density at radius 3 is 2.50 bits per heavy atom. The van der Waals surface area contributed by atoms with Gasteiger partial charge in [0.05, 0.1) is 31.4 Å². The van der Waals surface area contributed by atoms with Gasteiger partial charge in [-0.15, -0.1) is 17.0 Å². The number of fused-ring (bicyclic) bond motifs is 1. The monoisotopic (exact) mass is 303 g/mol. The first-order valence-electron chi connectivity index (χ1n) is 4.86. The molecule has 0 aliphatic heterocycles. The van der Waals surface area contributed by atoms with Crippen molar-refractivity contribution in [3.8, 4) is 0 Å². The third-order valence-corrected chi connectivity index (χ3v) is 3.10. The fourth-order valence-corrected chi connectivity index (χ4v) is 2.46. The molecule has 5 heteroatoms. The number of nitrogens with zero attached hydrogens (tertiary/aromatic N) is 2. The minimum atomic E-state index is 0. The van der Waals surface area contributed by atoms with E-state index in [-0.39, 0.29) is 21.9 Å². The van der Waals surface area contributed by atoms with Gasteiger partial charge in [-0.25, -0.2) is 0 Å². The van der Waals surface area contributed by atoms with E-state index in [0.717, 1.165) is 14.7 Å². The SMILES string of the molecule is Br.C[N+](C)(C)Cn1c(=O)sc2ccccc21. The lowest BCUT2D eigenvalue weighted by molar-refractivity contribution is -0.892. The Labute approximate surface area is 109 Å². The van der Waals surface area contributed by atoms with Crippen LogP contribution in [-0.2, 0) is 6.67 Å². The Bertz CT molecular complexity index is 539. The normalized spacial score (nSPS) is 11.4. The van der Waals surface area contributed by atoms with E-state index in [1.807, 2.05) is 28.8 Å². The van der Waals surface area contributed by atoms with Crippen LogP contribution in [0, 0.1) is 0 Å². The maximum Gasteiger partial charge on any atom is 0.312 e. The second-order valence-corrected chi connectivity index (χ2v) is 5.69. The highest BCUT2D eigenvalue weighted by Gasteiger charge is 2.13. The van der Waals surface area contributed by atoms with Crippen molar-refractivity contribution in [3.05, 3.63) is 33.9 Å². The number of halogens is 1. The first-order valence-corrected chi connectivity index (χ1v) is 5.68. The van der Waals surface area contributed by atoms with Gasteiger partial charge < -0.3 is 4.48 Å². The van der Waals surface area contributed by atoms with Crippen molar-refractivity contribution in [1.29, 1.82) is 0 Å². The molecular weight excluding hydrogens is 288 g/mol. The average molecular weight is 304 g/mol. The first-order chi connectivity index (χ1) is 6.97. The Balaban J connectivity index is 0.00000128. The molecule has 16 heavy (non-hydrogen) atoms. The summed E-state index contributed by atoms with van der Waals surface area (Å²) in [4.78, 5) is 11.9. The van der Waals surface area contributed by atoms with Crippen molar-refractivity contribution in [2.45, 2.75) is 6.67 Å². The van der Waals surface area contributed by atoms with Gasteiger partial charge in [0.2, 0.25) is 0 Å². The molecule has 0 saturated heterocycles. The van der Waals surface area contributed by atoms with Crippen molar-refractivity contribution in [1.82, 2.24) is 4.57 Å². The summed E-state index contributed by atoms with van der Waals surface area (Å²) in [6.07, 6.45) is 0. The van der Waals surface area contributed by atoms with Crippen molar-refractivity contribution in [3.63, 3.8) is 0 Å². The average Bonchev–Trinajstić information content (AvgIpc) is 2.41. The molecule has 0 fully saturated rings. The van der Waals surface area contributed by atoms with E-state index in [1.165, 1.54) is 11.3 Å². The largest absolute Gasteiger partial charge is 0.313 e.